The third-order valence-electron chi connectivity index (χ3n) is 14.4. The number of amides is 1. The second-order valence-electron chi connectivity index (χ2n) is 22.8. The van der Waals surface area contributed by atoms with Gasteiger partial charge in [0, 0.05) is 6.42 Å². The van der Waals surface area contributed by atoms with Crippen LogP contribution in [-0.2, 0) is 18.4 Å². The van der Waals surface area contributed by atoms with Crippen molar-refractivity contribution in [3.63, 3.8) is 0 Å². The van der Waals surface area contributed by atoms with Gasteiger partial charge in [-0.2, -0.15) is 0 Å². The number of phosphoric acid groups is 1. The number of carbonyl (C=O) groups excluding carboxylic acids is 1. The van der Waals surface area contributed by atoms with Gasteiger partial charge in [0.25, 0.3) is 7.82 Å². The lowest BCUT2D eigenvalue weighted by Crippen LogP contribution is -2.45. The molecule has 0 spiro atoms. The number of allylic oxidation sites excluding steroid dienone is 3. The number of phosphoric ester groups is 1. The molecule has 71 heavy (non-hydrogen) atoms. The van der Waals surface area contributed by atoms with Gasteiger partial charge in [0.15, 0.2) is 0 Å². The number of hydrogen-bond acceptors (Lipinski definition) is 6. The third-order valence-corrected chi connectivity index (χ3v) is 15.4. The van der Waals surface area contributed by atoms with Gasteiger partial charge in [-0.1, -0.05) is 301 Å². The smallest absolute Gasteiger partial charge is 0.268 e. The molecule has 0 heterocycles. The summed E-state index contributed by atoms with van der Waals surface area (Å²) in [7, 11) is 1.26. The predicted molar refractivity (Wildman–Crippen MR) is 307 cm³/mol. The normalized spacial score (nSPS) is 14.0. The quantitative estimate of drug-likeness (QED) is 0.0272. The van der Waals surface area contributed by atoms with Crippen molar-refractivity contribution in [2.75, 3.05) is 40.9 Å². The van der Waals surface area contributed by atoms with Gasteiger partial charge in [-0.3, -0.25) is 9.36 Å². The van der Waals surface area contributed by atoms with Gasteiger partial charge in [0.05, 0.1) is 39.9 Å². The van der Waals surface area contributed by atoms with Crippen LogP contribution in [0.3, 0.4) is 0 Å². The first kappa shape index (κ1) is 70.0. The fraction of sp³-hybridized carbons (Fsp3) is 0.919. The summed E-state index contributed by atoms with van der Waals surface area (Å²) >= 11 is 0. The Kier molecular flexibility index (Phi) is 53.0. The fourth-order valence-corrected chi connectivity index (χ4v) is 10.2. The molecule has 0 aromatic rings. The van der Waals surface area contributed by atoms with Crippen LogP contribution in [0, 0.1) is 0 Å². The van der Waals surface area contributed by atoms with Crippen LogP contribution in [0.1, 0.15) is 316 Å². The Labute approximate surface area is 443 Å². The van der Waals surface area contributed by atoms with E-state index in [0.29, 0.717) is 17.4 Å². The van der Waals surface area contributed by atoms with Gasteiger partial charge >= 0.3 is 0 Å². The minimum absolute atomic E-state index is 0.00368. The zero-order valence-electron chi connectivity index (χ0n) is 48.2. The Bertz CT molecular complexity index is 1210. The van der Waals surface area contributed by atoms with Crippen LogP contribution in [0.15, 0.2) is 24.3 Å². The lowest BCUT2D eigenvalue weighted by molar-refractivity contribution is -0.870. The van der Waals surface area contributed by atoms with Crippen LogP contribution in [0.5, 0.6) is 0 Å². The highest BCUT2D eigenvalue weighted by Crippen LogP contribution is 2.38. The summed E-state index contributed by atoms with van der Waals surface area (Å²) in [5.74, 6) is -0.200. The summed E-state index contributed by atoms with van der Waals surface area (Å²) in [4.78, 5) is 25.5. The highest BCUT2D eigenvalue weighted by molar-refractivity contribution is 7.45. The van der Waals surface area contributed by atoms with Crippen molar-refractivity contribution in [3.05, 3.63) is 24.3 Å². The van der Waals surface area contributed by atoms with Crippen molar-refractivity contribution < 1.29 is 32.9 Å². The summed E-state index contributed by atoms with van der Waals surface area (Å²) in [5, 5.41) is 13.9. The number of likely N-dealkylation sites (N-methyl/N-ethyl adjacent to an activating group) is 1. The number of nitrogens with one attached hydrogen (secondary N) is 1. The van der Waals surface area contributed by atoms with Crippen molar-refractivity contribution >= 4 is 13.7 Å². The first-order valence-corrected chi connectivity index (χ1v) is 32.7. The molecule has 2 N–H and O–H groups in total. The number of carbonyl (C=O) groups is 1. The molecule has 0 radical (unpaired) electrons. The van der Waals surface area contributed by atoms with E-state index in [1.54, 1.807) is 6.08 Å². The molecule has 3 unspecified atom stereocenters. The van der Waals surface area contributed by atoms with Crippen molar-refractivity contribution in [1.29, 1.82) is 0 Å². The number of quaternary nitrogens is 1. The van der Waals surface area contributed by atoms with Gasteiger partial charge in [-0.25, -0.2) is 0 Å². The average molecular weight is 1020 g/mol. The van der Waals surface area contributed by atoms with E-state index in [-0.39, 0.29) is 19.1 Å². The molecule has 0 bridgehead atoms. The number of unbranched alkanes of at least 4 members (excludes halogenated alkanes) is 43. The van der Waals surface area contributed by atoms with Crippen LogP contribution in [-0.4, -0.2) is 68.5 Å². The van der Waals surface area contributed by atoms with E-state index in [0.717, 1.165) is 38.5 Å². The molecular formula is C62H123N2O6P. The molecule has 422 valence electrons. The molecule has 8 nitrogen and oxygen atoms in total. The maximum Gasteiger partial charge on any atom is 0.268 e. The van der Waals surface area contributed by atoms with Gasteiger partial charge < -0.3 is 28.8 Å². The Balaban J connectivity index is 4.06. The Hall–Kier alpha value is -1.02. The van der Waals surface area contributed by atoms with E-state index in [1.807, 2.05) is 27.2 Å². The molecule has 0 fully saturated rings. The maximum atomic E-state index is 13.0. The van der Waals surface area contributed by atoms with Gasteiger partial charge in [-0.15, -0.1) is 0 Å². The number of rotatable bonds is 58. The van der Waals surface area contributed by atoms with Gasteiger partial charge in [0.2, 0.25) is 5.91 Å². The van der Waals surface area contributed by atoms with Gasteiger partial charge in [0.1, 0.15) is 13.2 Å². The molecule has 0 saturated heterocycles. The third kappa shape index (κ3) is 56.5. The molecule has 0 rings (SSSR count). The second kappa shape index (κ2) is 53.8. The summed E-state index contributed by atoms with van der Waals surface area (Å²) in [6, 6.07) is -0.900. The van der Waals surface area contributed by atoms with Crippen molar-refractivity contribution in [2.45, 2.75) is 328 Å². The number of aliphatic hydroxyl groups is 1. The summed E-state index contributed by atoms with van der Waals surface area (Å²) in [5.41, 5.74) is 0. The molecular weight excluding hydrogens is 900 g/mol. The summed E-state index contributed by atoms with van der Waals surface area (Å²) < 4.78 is 23.4. The lowest BCUT2D eigenvalue weighted by atomic mass is 10.0. The average Bonchev–Trinajstić information content (AvgIpc) is 3.33. The number of aliphatic hydroxyl groups excluding tert-OH is 1. The maximum absolute atomic E-state index is 13.0. The van der Waals surface area contributed by atoms with Crippen molar-refractivity contribution in [3.8, 4) is 0 Å². The Morgan fingerprint density at radius 1 is 0.479 bits per heavy atom. The molecule has 0 aliphatic heterocycles. The second-order valence-corrected chi connectivity index (χ2v) is 24.2. The largest absolute Gasteiger partial charge is 0.756 e. The van der Waals surface area contributed by atoms with E-state index in [9.17, 15) is 19.4 Å². The molecule has 0 aromatic carbocycles. The zero-order chi connectivity index (χ0) is 52.0. The van der Waals surface area contributed by atoms with Gasteiger partial charge in [-0.05, 0) is 32.1 Å². The first-order valence-electron chi connectivity index (χ1n) is 31.2. The molecule has 0 aliphatic rings. The Morgan fingerprint density at radius 3 is 1.14 bits per heavy atom. The van der Waals surface area contributed by atoms with Crippen LogP contribution in [0.25, 0.3) is 0 Å². The molecule has 0 aliphatic carbocycles. The first-order chi connectivity index (χ1) is 34.5. The lowest BCUT2D eigenvalue weighted by Gasteiger charge is -2.29. The van der Waals surface area contributed by atoms with Crippen LogP contribution < -0.4 is 10.2 Å². The van der Waals surface area contributed by atoms with E-state index >= 15 is 0 Å². The standard InChI is InChI=1S/C62H123N2O6P/c1-6-8-10-12-14-16-18-20-22-24-26-27-28-29-30-31-32-33-34-35-36-37-38-40-42-44-46-48-50-52-54-56-62(66)63-60(59-70-71(67,68)69-58-57-64(3,4)5)61(65)55-53-51-49-47-45-43-41-39-25-23-21-19-17-15-13-11-9-7-2/h45,47,53,55,60-61,65H,6-44,46,48-52,54,56-59H2,1-5H3,(H-,63,66,67,68)/b47-45+,55-53+. The molecule has 1 amide bonds. The minimum atomic E-state index is -4.60. The zero-order valence-corrected chi connectivity index (χ0v) is 49.1. The summed E-state index contributed by atoms with van der Waals surface area (Å²) in [6.45, 7) is 4.68. The number of nitrogens with zero attached hydrogens (tertiary/aromatic N) is 1. The molecule has 3 atom stereocenters. The van der Waals surface area contributed by atoms with Crippen molar-refractivity contribution in [1.82, 2.24) is 5.32 Å². The van der Waals surface area contributed by atoms with Crippen LogP contribution >= 0.6 is 7.82 Å². The van der Waals surface area contributed by atoms with E-state index in [4.69, 9.17) is 9.05 Å². The monoisotopic (exact) mass is 1020 g/mol. The molecule has 9 heteroatoms. The Morgan fingerprint density at radius 2 is 0.789 bits per heavy atom. The van der Waals surface area contributed by atoms with E-state index < -0.39 is 20.0 Å². The topological polar surface area (TPSA) is 108 Å². The van der Waals surface area contributed by atoms with Crippen LogP contribution in [0.4, 0.5) is 0 Å². The molecule has 0 saturated carbocycles. The molecule has 0 aromatic heterocycles. The number of hydrogen-bond donors (Lipinski definition) is 2. The predicted octanol–water partition coefficient (Wildman–Crippen LogP) is 18.5. The van der Waals surface area contributed by atoms with E-state index in [2.05, 4.69) is 31.3 Å². The van der Waals surface area contributed by atoms with Crippen molar-refractivity contribution in [2.24, 2.45) is 0 Å². The van der Waals surface area contributed by atoms with Crippen LogP contribution in [0.2, 0.25) is 0 Å². The van der Waals surface area contributed by atoms with E-state index in [1.165, 1.54) is 257 Å². The highest BCUT2D eigenvalue weighted by atomic mass is 31.2. The highest BCUT2D eigenvalue weighted by Gasteiger charge is 2.23. The summed E-state index contributed by atoms with van der Waals surface area (Å²) in [6.07, 6.45) is 68.6. The minimum Gasteiger partial charge on any atom is -0.756 e. The fourth-order valence-electron chi connectivity index (χ4n) is 9.53. The SMILES string of the molecule is CCCCCCCCCCCCCC/C=C/CC/C=C/C(O)C(COP(=O)([O-])OCC[N+](C)(C)C)NC(=O)CCCCCCCCCCCCCCCCCCCCCCCCCCCCCCCCC.